The van der Waals surface area contributed by atoms with Gasteiger partial charge in [-0.3, -0.25) is 4.79 Å². The minimum Gasteiger partial charge on any atom is -0.346 e. The molecule has 0 spiro atoms. The van der Waals surface area contributed by atoms with Crippen molar-refractivity contribution in [1.82, 2.24) is 15.0 Å². The molecule has 24 heavy (non-hydrogen) atoms. The zero-order valence-corrected chi connectivity index (χ0v) is 15.7. The summed E-state index contributed by atoms with van der Waals surface area (Å²) >= 11 is 4.12. The summed E-state index contributed by atoms with van der Waals surface area (Å²) in [4.78, 5) is 18.3. The van der Waals surface area contributed by atoms with E-state index in [1.165, 1.54) is 24.5 Å². The summed E-state index contributed by atoms with van der Waals surface area (Å²) in [6.07, 6.45) is 0. The van der Waals surface area contributed by atoms with Crippen LogP contribution in [0.5, 0.6) is 0 Å². The van der Waals surface area contributed by atoms with E-state index in [0.29, 0.717) is 5.69 Å². The molecule has 3 heterocycles. The molecule has 0 saturated carbocycles. The normalized spacial score (nSPS) is 11.5. The summed E-state index contributed by atoms with van der Waals surface area (Å²) in [5.74, 6) is -0.277. The van der Waals surface area contributed by atoms with Gasteiger partial charge < -0.3 is 5.32 Å². The molecule has 3 rings (SSSR count). The van der Waals surface area contributed by atoms with E-state index >= 15 is 0 Å². The van der Waals surface area contributed by atoms with Crippen molar-refractivity contribution in [2.45, 2.75) is 10.8 Å². The van der Waals surface area contributed by atoms with Crippen LogP contribution in [0.2, 0.25) is 0 Å². The Kier molecular flexibility index (Phi) is 5.11. The summed E-state index contributed by atoms with van der Waals surface area (Å²) in [5, 5.41) is 7.25. The number of carbonyl (C=O) groups excluding carboxylic acids is 1. The number of nitrogens with zero attached hydrogens (tertiary/aromatic N) is 1. The van der Waals surface area contributed by atoms with Crippen LogP contribution in [-0.2, 0) is 16.6 Å². The van der Waals surface area contributed by atoms with Crippen LogP contribution in [0.3, 0.4) is 0 Å². The van der Waals surface area contributed by atoms with E-state index in [0.717, 1.165) is 26.1 Å². The predicted octanol–water partition coefficient (Wildman–Crippen LogP) is 2.77. The number of thiophene rings is 2. The summed E-state index contributed by atoms with van der Waals surface area (Å²) in [6, 6.07) is 7.11. The smallest absolute Gasteiger partial charge is 0.271 e. The third kappa shape index (κ3) is 3.73. The first-order chi connectivity index (χ1) is 11.5. The molecule has 0 aromatic carbocycles. The molecule has 0 aliphatic heterocycles. The number of carbonyl (C=O) groups is 1. The van der Waals surface area contributed by atoms with Crippen molar-refractivity contribution in [2.75, 3.05) is 7.05 Å². The van der Waals surface area contributed by atoms with Gasteiger partial charge in [0.1, 0.15) is 14.9 Å². The molecule has 0 fully saturated rings. The first-order valence-electron chi connectivity index (χ1n) is 6.79. The van der Waals surface area contributed by atoms with Crippen LogP contribution in [0, 0.1) is 0 Å². The third-order valence-corrected chi connectivity index (χ3v) is 7.94. The maximum absolute atomic E-state index is 12.2. The molecule has 0 radical (unpaired) electrons. The fourth-order valence-corrected chi connectivity index (χ4v) is 5.60. The lowest BCUT2D eigenvalue weighted by atomic mass is 10.4. The highest BCUT2D eigenvalue weighted by molar-refractivity contribution is 7.91. The highest BCUT2D eigenvalue weighted by Crippen LogP contribution is 2.27. The molecule has 1 amide bonds. The zero-order chi connectivity index (χ0) is 17.2. The third-order valence-electron chi connectivity index (χ3n) is 3.06. The van der Waals surface area contributed by atoms with E-state index < -0.39 is 10.0 Å². The number of nitrogens with one attached hydrogen (secondary N) is 2. The number of hydrogen-bond acceptors (Lipinski definition) is 7. The van der Waals surface area contributed by atoms with Crippen molar-refractivity contribution in [3.05, 3.63) is 45.6 Å². The van der Waals surface area contributed by atoms with Gasteiger partial charge in [-0.25, -0.2) is 18.1 Å². The number of thiazole rings is 1. The van der Waals surface area contributed by atoms with E-state index in [1.54, 1.807) is 22.8 Å². The van der Waals surface area contributed by atoms with Gasteiger partial charge in [0, 0.05) is 10.3 Å². The standard InChI is InChI=1S/C14H13N3O3S4/c1-15-24(19,20)12-5-4-9(23-12)7-16-13(18)10-8-22-14(17-10)11-3-2-6-21-11/h2-6,8,15H,7H2,1H3,(H,16,18). The summed E-state index contributed by atoms with van der Waals surface area (Å²) in [6.45, 7) is 0.259. The van der Waals surface area contributed by atoms with Crippen molar-refractivity contribution in [2.24, 2.45) is 0 Å². The fourth-order valence-electron chi connectivity index (χ4n) is 1.85. The molecule has 3 aromatic heterocycles. The van der Waals surface area contributed by atoms with E-state index in [1.807, 2.05) is 17.5 Å². The monoisotopic (exact) mass is 399 g/mol. The molecule has 0 saturated heterocycles. The van der Waals surface area contributed by atoms with Gasteiger partial charge in [0.05, 0.1) is 11.4 Å². The van der Waals surface area contributed by atoms with Crippen LogP contribution >= 0.6 is 34.0 Å². The predicted molar refractivity (Wildman–Crippen MR) is 97.2 cm³/mol. The molecule has 6 nitrogen and oxygen atoms in total. The Labute approximate surface area is 151 Å². The Morgan fingerprint density at radius 3 is 2.79 bits per heavy atom. The van der Waals surface area contributed by atoms with Gasteiger partial charge >= 0.3 is 0 Å². The lowest BCUT2D eigenvalue weighted by Crippen LogP contribution is -2.22. The highest BCUT2D eigenvalue weighted by atomic mass is 32.2. The summed E-state index contributed by atoms with van der Waals surface area (Å²) in [5.41, 5.74) is 0.364. The van der Waals surface area contributed by atoms with Gasteiger partial charge in [-0.2, -0.15) is 0 Å². The van der Waals surface area contributed by atoms with Crippen LogP contribution in [0.4, 0.5) is 0 Å². The molecule has 126 valence electrons. The number of rotatable bonds is 6. The molecular weight excluding hydrogens is 386 g/mol. The van der Waals surface area contributed by atoms with Crippen LogP contribution < -0.4 is 10.0 Å². The van der Waals surface area contributed by atoms with E-state index in [4.69, 9.17) is 0 Å². The average molecular weight is 400 g/mol. The van der Waals surface area contributed by atoms with Crippen molar-refractivity contribution in [1.29, 1.82) is 0 Å². The minimum absolute atomic E-state index is 0.225. The van der Waals surface area contributed by atoms with Gasteiger partial charge in [-0.15, -0.1) is 34.0 Å². The van der Waals surface area contributed by atoms with Crippen LogP contribution in [0.1, 0.15) is 15.4 Å². The molecule has 0 bridgehead atoms. The van der Waals surface area contributed by atoms with Crippen molar-refractivity contribution in [3.63, 3.8) is 0 Å². The second-order valence-corrected chi connectivity index (χ2v) is 9.71. The second-order valence-electron chi connectivity index (χ2n) is 4.63. The van der Waals surface area contributed by atoms with Crippen molar-refractivity contribution >= 4 is 49.9 Å². The quantitative estimate of drug-likeness (QED) is 0.667. The van der Waals surface area contributed by atoms with Crippen LogP contribution in [-0.4, -0.2) is 26.4 Å². The number of amides is 1. The maximum atomic E-state index is 12.2. The number of hydrogen-bond donors (Lipinski definition) is 2. The minimum atomic E-state index is -3.44. The van der Waals surface area contributed by atoms with Crippen LogP contribution in [0.15, 0.2) is 39.2 Å². The van der Waals surface area contributed by atoms with Crippen molar-refractivity contribution in [3.8, 4) is 9.88 Å². The van der Waals surface area contributed by atoms with Gasteiger partial charge in [-0.1, -0.05) is 6.07 Å². The lowest BCUT2D eigenvalue weighted by Gasteiger charge is -2.00. The van der Waals surface area contributed by atoms with Gasteiger partial charge in [0.15, 0.2) is 0 Å². The molecule has 0 aliphatic carbocycles. The second kappa shape index (κ2) is 7.11. The molecule has 10 heteroatoms. The molecule has 3 aromatic rings. The fraction of sp³-hybridized carbons (Fsp3) is 0.143. The Hall–Kier alpha value is -1.59. The zero-order valence-electron chi connectivity index (χ0n) is 12.5. The van der Waals surface area contributed by atoms with Crippen molar-refractivity contribution < 1.29 is 13.2 Å². The maximum Gasteiger partial charge on any atom is 0.271 e. The summed E-state index contributed by atoms with van der Waals surface area (Å²) < 4.78 is 25.9. The molecule has 0 atom stereocenters. The van der Waals surface area contributed by atoms with E-state index in [2.05, 4.69) is 15.0 Å². The molecule has 0 unspecified atom stereocenters. The Morgan fingerprint density at radius 2 is 2.08 bits per heavy atom. The topological polar surface area (TPSA) is 88.2 Å². The van der Waals surface area contributed by atoms with E-state index in [-0.39, 0.29) is 16.7 Å². The molecule has 0 aliphatic rings. The van der Waals surface area contributed by atoms with Gasteiger partial charge in [-0.05, 0) is 30.6 Å². The number of sulfonamides is 1. The Balaban J connectivity index is 1.64. The SMILES string of the molecule is CNS(=O)(=O)c1ccc(CNC(=O)c2csc(-c3cccs3)n2)s1. The Morgan fingerprint density at radius 1 is 1.25 bits per heavy atom. The van der Waals surface area contributed by atoms with Gasteiger partial charge in [0.2, 0.25) is 10.0 Å². The average Bonchev–Trinajstić information content (AvgIpc) is 3.33. The largest absolute Gasteiger partial charge is 0.346 e. The first-order valence-corrected chi connectivity index (χ1v) is 10.9. The molecular formula is C14H13N3O3S4. The Bertz CT molecular complexity index is 942. The van der Waals surface area contributed by atoms with E-state index in [9.17, 15) is 13.2 Å². The highest BCUT2D eigenvalue weighted by Gasteiger charge is 2.16. The van der Waals surface area contributed by atoms with Crippen LogP contribution in [0.25, 0.3) is 9.88 Å². The first kappa shape index (κ1) is 17.2. The molecule has 2 N–H and O–H groups in total. The summed E-state index contributed by atoms with van der Waals surface area (Å²) in [7, 11) is -2.08. The number of aromatic nitrogens is 1. The van der Waals surface area contributed by atoms with Gasteiger partial charge in [0.25, 0.3) is 5.91 Å². The lowest BCUT2D eigenvalue weighted by molar-refractivity contribution is 0.0947.